The minimum atomic E-state index is -0.633. The third-order valence-corrected chi connectivity index (χ3v) is 6.90. The summed E-state index contributed by atoms with van der Waals surface area (Å²) in [6.45, 7) is 19.8. The molecule has 3 rings (SSSR count). The number of benzene rings is 2. The molecule has 0 aliphatic carbocycles. The molecule has 2 N–H and O–H groups in total. The van der Waals surface area contributed by atoms with Gasteiger partial charge in [0.15, 0.2) is 0 Å². The molecule has 1 aliphatic heterocycles. The SMILES string of the molecule is CCN1CCN(c2ccc(NC(=O)C(NC(=O)c3ccc(C(C)(C)C)cc3)C(C)C)c(C)c2)CC1. The molecular weight excluding hydrogens is 436 g/mol. The third-order valence-electron chi connectivity index (χ3n) is 6.90. The number of hydrogen-bond donors (Lipinski definition) is 2. The highest BCUT2D eigenvalue weighted by molar-refractivity contribution is 6.01. The molecule has 190 valence electrons. The predicted molar refractivity (Wildman–Crippen MR) is 145 cm³/mol. The molecule has 0 aromatic heterocycles. The van der Waals surface area contributed by atoms with E-state index in [4.69, 9.17) is 0 Å². The molecule has 1 heterocycles. The lowest BCUT2D eigenvalue weighted by molar-refractivity contribution is -0.118. The minimum Gasteiger partial charge on any atom is -0.369 e. The van der Waals surface area contributed by atoms with Gasteiger partial charge in [0.1, 0.15) is 6.04 Å². The van der Waals surface area contributed by atoms with Gasteiger partial charge in [-0.25, -0.2) is 0 Å². The van der Waals surface area contributed by atoms with Crippen LogP contribution in [0.15, 0.2) is 42.5 Å². The summed E-state index contributed by atoms with van der Waals surface area (Å²) in [5, 5.41) is 5.98. The summed E-state index contributed by atoms with van der Waals surface area (Å²) in [5.41, 5.74) is 4.72. The lowest BCUT2D eigenvalue weighted by Gasteiger charge is -2.35. The van der Waals surface area contributed by atoms with E-state index in [-0.39, 0.29) is 23.1 Å². The van der Waals surface area contributed by atoms with Gasteiger partial charge in [-0.3, -0.25) is 9.59 Å². The van der Waals surface area contributed by atoms with Crippen LogP contribution in [-0.2, 0) is 10.2 Å². The fraction of sp³-hybridized carbons (Fsp3) is 0.517. The number of rotatable bonds is 7. The molecular formula is C29H42N4O2. The number of nitrogens with one attached hydrogen (secondary N) is 2. The zero-order chi connectivity index (χ0) is 25.8. The molecule has 35 heavy (non-hydrogen) atoms. The molecule has 0 radical (unpaired) electrons. The Labute approximate surface area is 211 Å². The second kappa shape index (κ2) is 11.3. The van der Waals surface area contributed by atoms with Crippen molar-refractivity contribution in [2.24, 2.45) is 5.92 Å². The zero-order valence-electron chi connectivity index (χ0n) is 22.4. The van der Waals surface area contributed by atoms with Crippen LogP contribution in [0.2, 0.25) is 0 Å². The number of aryl methyl sites for hydroxylation is 1. The number of piperazine rings is 1. The average Bonchev–Trinajstić information content (AvgIpc) is 2.83. The van der Waals surface area contributed by atoms with Crippen molar-refractivity contribution in [1.82, 2.24) is 10.2 Å². The second-order valence-electron chi connectivity index (χ2n) is 10.9. The van der Waals surface area contributed by atoms with Gasteiger partial charge in [0.2, 0.25) is 5.91 Å². The van der Waals surface area contributed by atoms with Crippen molar-refractivity contribution in [3.63, 3.8) is 0 Å². The van der Waals surface area contributed by atoms with E-state index in [1.165, 1.54) is 11.3 Å². The van der Waals surface area contributed by atoms with E-state index >= 15 is 0 Å². The molecule has 1 saturated heterocycles. The highest BCUT2D eigenvalue weighted by atomic mass is 16.2. The van der Waals surface area contributed by atoms with Crippen molar-refractivity contribution >= 4 is 23.2 Å². The van der Waals surface area contributed by atoms with E-state index in [9.17, 15) is 9.59 Å². The van der Waals surface area contributed by atoms with E-state index in [0.717, 1.165) is 44.0 Å². The van der Waals surface area contributed by atoms with Crippen LogP contribution < -0.4 is 15.5 Å². The maximum absolute atomic E-state index is 13.2. The molecule has 1 aliphatic rings. The van der Waals surface area contributed by atoms with Crippen molar-refractivity contribution in [3.05, 3.63) is 59.2 Å². The smallest absolute Gasteiger partial charge is 0.251 e. The Morgan fingerprint density at radius 3 is 2.11 bits per heavy atom. The van der Waals surface area contributed by atoms with Crippen LogP contribution in [0.1, 0.15) is 63.0 Å². The summed E-state index contributed by atoms with van der Waals surface area (Å²) in [5.74, 6) is -0.494. The molecule has 1 fully saturated rings. The Bertz CT molecular complexity index is 1020. The summed E-state index contributed by atoms with van der Waals surface area (Å²) in [7, 11) is 0. The van der Waals surface area contributed by atoms with Crippen LogP contribution in [0, 0.1) is 12.8 Å². The van der Waals surface area contributed by atoms with Gasteiger partial charge in [-0.15, -0.1) is 0 Å². The van der Waals surface area contributed by atoms with Gasteiger partial charge < -0.3 is 20.4 Å². The number of likely N-dealkylation sites (N-methyl/N-ethyl adjacent to an activating group) is 1. The molecule has 0 bridgehead atoms. The van der Waals surface area contributed by atoms with Crippen molar-refractivity contribution in [2.75, 3.05) is 42.9 Å². The number of anilines is 2. The Hall–Kier alpha value is -2.86. The lowest BCUT2D eigenvalue weighted by atomic mass is 9.86. The number of carbonyl (C=O) groups excluding carboxylic acids is 2. The van der Waals surface area contributed by atoms with Gasteiger partial charge >= 0.3 is 0 Å². The van der Waals surface area contributed by atoms with Gasteiger partial charge in [0, 0.05) is 43.1 Å². The predicted octanol–water partition coefficient (Wildman–Crippen LogP) is 4.83. The maximum Gasteiger partial charge on any atom is 0.251 e. The number of amides is 2. The Morgan fingerprint density at radius 2 is 1.60 bits per heavy atom. The maximum atomic E-state index is 13.2. The summed E-state index contributed by atoms with van der Waals surface area (Å²) in [4.78, 5) is 30.9. The van der Waals surface area contributed by atoms with E-state index in [0.29, 0.717) is 5.56 Å². The normalized spacial score (nSPS) is 15.7. The molecule has 0 spiro atoms. The largest absolute Gasteiger partial charge is 0.369 e. The first-order chi connectivity index (χ1) is 16.5. The first-order valence-electron chi connectivity index (χ1n) is 12.8. The van der Waals surface area contributed by atoms with Gasteiger partial charge in [-0.2, -0.15) is 0 Å². The van der Waals surface area contributed by atoms with Crippen LogP contribution in [0.3, 0.4) is 0 Å². The van der Waals surface area contributed by atoms with Gasteiger partial charge in [0.05, 0.1) is 0 Å². The quantitative estimate of drug-likeness (QED) is 0.598. The van der Waals surface area contributed by atoms with Crippen molar-refractivity contribution in [3.8, 4) is 0 Å². The van der Waals surface area contributed by atoms with Crippen LogP contribution in [-0.4, -0.2) is 55.5 Å². The average molecular weight is 479 g/mol. The molecule has 1 unspecified atom stereocenters. The number of hydrogen-bond acceptors (Lipinski definition) is 4. The van der Waals surface area contributed by atoms with Crippen LogP contribution >= 0.6 is 0 Å². The molecule has 0 saturated carbocycles. The fourth-order valence-corrected chi connectivity index (χ4v) is 4.40. The first-order valence-corrected chi connectivity index (χ1v) is 12.8. The molecule has 1 atom stereocenters. The molecule has 6 nitrogen and oxygen atoms in total. The molecule has 2 aromatic rings. The molecule has 6 heteroatoms. The Kier molecular flexibility index (Phi) is 8.60. The zero-order valence-corrected chi connectivity index (χ0v) is 22.4. The first kappa shape index (κ1) is 26.7. The van der Waals surface area contributed by atoms with Crippen LogP contribution in [0.5, 0.6) is 0 Å². The third kappa shape index (κ3) is 6.85. The lowest BCUT2D eigenvalue weighted by Crippen LogP contribution is -2.47. The van der Waals surface area contributed by atoms with E-state index in [1.807, 2.05) is 51.1 Å². The van der Waals surface area contributed by atoms with Crippen molar-refractivity contribution in [1.29, 1.82) is 0 Å². The monoisotopic (exact) mass is 478 g/mol. The molecule has 2 aromatic carbocycles. The summed E-state index contributed by atoms with van der Waals surface area (Å²) in [6, 6.07) is 13.2. The van der Waals surface area contributed by atoms with Crippen molar-refractivity contribution in [2.45, 2.75) is 59.9 Å². The van der Waals surface area contributed by atoms with E-state index in [2.05, 4.69) is 60.3 Å². The van der Waals surface area contributed by atoms with Gasteiger partial charge in [-0.1, -0.05) is 53.7 Å². The van der Waals surface area contributed by atoms with E-state index in [1.54, 1.807) is 0 Å². The summed E-state index contributed by atoms with van der Waals surface area (Å²) >= 11 is 0. The topological polar surface area (TPSA) is 64.7 Å². The number of carbonyl (C=O) groups is 2. The Morgan fingerprint density at radius 1 is 0.971 bits per heavy atom. The van der Waals surface area contributed by atoms with Crippen LogP contribution in [0.4, 0.5) is 11.4 Å². The Balaban J connectivity index is 1.66. The fourth-order valence-electron chi connectivity index (χ4n) is 4.40. The number of nitrogens with zero attached hydrogens (tertiary/aromatic N) is 2. The van der Waals surface area contributed by atoms with Crippen molar-refractivity contribution < 1.29 is 9.59 Å². The highest BCUT2D eigenvalue weighted by Gasteiger charge is 2.26. The van der Waals surface area contributed by atoms with Gasteiger partial charge in [-0.05, 0) is 66.3 Å². The summed E-state index contributed by atoms with van der Waals surface area (Å²) < 4.78 is 0. The highest BCUT2D eigenvalue weighted by Crippen LogP contribution is 2.25. The minimum absolute atomic E-state index is 0.0205. The van der Waals surface area contributed by atoms with E-state index < -0.39 is 6.04 Å². The molecule has 2 amide bonds. The van der Waals surface area contributed by atoms with Gasteiger partial charge in [0.25, 0.3) is 5.91 Å². The summed E-state index contributed by atoms with van der Waals surface area (Å²) in [6.07, 6.45) is 0. The standard InChI is InChI=1S/C29H42N4O2/c1-8-32-15-17-33(18-16-32)24-13-14-25(21(4)19-24)30-28(35)26(20(2)3)31-27(34)22-9-11-23(12-10-22)29(5,6)7/h9-14,19-20,26H,8,15-18H2,1-7H3,(H,30,35)(H,31,34). The second-order valence-corrected chi connectivity index (χ2v) is 10.9. The van der Waals surface area contributed by atoms with Crippen LogP contribution in [0.25, 0.3) is 0 Å².